The van der Waals surface area contributed by atoms with Crippen molar-refractivity contribution in [2.24, 2.45) is 5.90 Å². The van der Waals surface area contributed by atoms with Crippen molar-refractivity contribution in [3.05, 3.63) is 35.1 Å². The molecular formula is C8H11ClFNO. The highest BCUT2D eigenvalue weighted by molar-refractivity contribution is 5.85. The zero-order valence-corrected chi connectivity index (χ0v) is 7.53. The van der Waals surface area contributed by atoms with Crippen LogP contribution in [-0.2, 0) is 11.4 Å². The van der Waals surface area contributed by atoms with Crippen LogP contribution in [0.4, 0.5) is 4.39 Å². The quantitative estimate of drug-likeness (QED) is 0.726. The predicted octanol–water partition coefficient (Wildman–Crippen LogP) is 1.95. The molecule has 68 valence electrons. The fourth-order valence-electron chi connectivity index (χ4n) is 0.822. The van der Waals surface area contributed by atoms with Crippen LogP contribution < -0.4 is 5.90 Å². The molecule has 0 aliphatic carbocycles. The van der Waals surface area contributed by atoms with Gasteiger partial charge in [-0.05, 0) is 24.1 Å². The number of nitrogens with two attached hydrogens (primary N) is 1. The normalized spacial score (nSPS) is 9.25. The van der Waals surface area contributed by atoms with Gasteiger partial charge in [0, 0.05) is 0 Å². The molecule has 1 rings (SSSR count). The summed E-state index contributed by atoms with van der Waals surface area (Å²) in [6.07, 6.45) is 0. The Morgan fingerprint density at radius 2 is 2.17 bits per heavy atom. The molecule has 0 fully saturated rings. The summed E-state index contributed by atoms with van der Waals surface area (Å²) in [6.45, 7) is 1.96. The van der Waals surface area contributed by atoms with E-state index in [9.17, 15) is 4.39 Å². The fourth-order valence-corrected chi connectivity index (χ4v) is 0.822. The van der Waals surface area contributed by atoms with E-state index in [1.807, 2.05) is 0 Å². The van der Waals surface area contributed by atoms with Crippen LogP contribution in [0.15, 0.2) is 18.2 Å². The number of halogens is 2. The maximum absolute atomic E-state index is 12.8. The molecule has 0 aromatic heterocycles. The Balaban J connectivity index is 0.00000121. The molecular weight excluding hydrogens is 181 g/mol. The lowest BCUT2D eigenvalue weighted by Gasteiger charge is -2.00. The number of hydrogen-bond acceptors (Lipinski definition) is 2. The standard InChI is InChI=1S/C8H10FNO.ClH/c1-6-2-3-7(5-11-10)4-8(6)9;/h2-4H,5,10H2,1H3;1H. The van der Waals surface area contributed by atoms with Crippen molar-refractivity contribution in [3.8, 4) is 0 Å². The Hall–Kier alpha value is -0.640. The molecule has 0 unspecified atom stereocenters. The van der Waals surface area contributed by atoms with Crippen molar-refractivity contribution in [1.29, 1.82) is 0 Å². The zero-order chi connectivity index (χ0) is 8.27. The Morgan fingerprint density at radius 1 is 1.50 bits per heavy atom. The number of rotatable bonds is 2. The lowest BCUT2D eigenvalue weighted by atomic mass is 10.1. The van der Waals surface area contributed by atoms with Gasteiger partial charge in [-0.2, -0.15) is 0 Å². The minimum atomic E-state index is -0.223. The van der Waals surface area contributed by atoms with Gasteiger partial charge in [0.15, 0.2) is 0 Å². The van der Waals surface area contributed by atoms with E-state index in [4.69, 9.17) is 5.90 Å². The summed E-state index contributed by atoms with van der Waals surface area (Å²) in [4.78, 5) is 4.36. The first-order valence-corrected chi connectivity index (χ1v) is 3.30. The maximum atomic E-state index is 12.8. The molecule has 0 aliphatic rings. The van der Waals surface area contributed by atoms with Gasteiger partial charge in [-0.3, -0.25) is 4.84 Å². The average Bonchev–Trinajstić information content (AvgIpc) is 1.98. The third-order valence-electron chi connectivity index (χ3n) is 1.49. The zero-order valence-electron chi connectivity index (χ0n) is 6.71. The summed E-state index contributed by atoms with van der Waals surface area (Å²) >= 11 is 0. The lowest BCUT2D eigenvalue weighted by molar-refractivity contribution is 0.124. The molecule has 4 heteroatoms. The third-order valence-corrected chi connectivity index (χ3v) is 1.49. The van der Waals surface area contributed by atoms with E-state index in [0.29, 0.717) is 5.56 Å². The van der Waals surface area contributed by atoms with Crippen molar-refractivity contribution in [2.45, 2.75) is 13.5 Å². The van der Waals surface area contributed by atoms with Crippen molar-refractivity contribution < 1.29 is 9.23 Å². The minimum absolute atomic E-state index is 0. The first-order valence-electron chi connectivity index (χ1n) is 3.30. The van der Waals surface area contributed by atoms with Gasteiger partial charge >= 0.3 is 0 Å². The van der Waals surface area contributed by atoms with E-state index in [2.05, 4.69) is 4.84 Å². The largest absolute Gasteiger partial charge is 0.300 e. The van der Waals surface area contributed by atoms with Gasteiger partial charge in [0.25, 0.3) is 0 Å². The molecule has 0 spiro atoms. The minimum Gasteiger partial charge on any atom is -0.300 e. The topological polar surface area (TPSA) is 35.2 Å². The number of benzene rings is 1. The third kappa shape index (κ3) is 2.77. The molecule has 0 amide bonds. The smallest absolute Gasteiger partial charge is 0.126 e. The summed E-state index contributed by atoms with van der Waals surface area (Å²) in [6, 6.07) is 4.90. The van der Waals surface area contributed by atoms with Crippen LogP contribution in [0.2, 0.25) is 0 Å². The van der Waals surface area contributed by atoms with Crippen LogP contribution >= 0.6 is 12.4 Å². The van der Waals surface area contributed by atoms with Crippen LogP contribution in [0, 0.1) is 12.7 Å². The SMILES string of the molecule is Cc1ccc(CON)cc1F.Cl. The predicted molar refractivity (Wildman–Crippen MR) is 47.4 cm³/mol. The summed E-state index contributed by atoms with van der Waals surface area (Å²) < 4.78 is 12.8. The summed E-state index contributed by atoms with van der Waals surface area (Å²) in [5, 5.41) is 0. The Kier molecular flexibility index (Phi) is 4.81. The molecule has 0 saturated carbocycles. The van der Waals surface area contributed by atoms with Crippen LogP contribution in [0.3, 0.4) is 0 Å². The van der Waals surface area contributed by atoms with Crippen LogP contribution in [0.5, 0.6) is 0 Å². The first-order chi connectivity index (χ1) is 5.24. The highest BCUT2D eigenvalue weighted by atomic mass is 35.5. The lowest BCUT2D eigenvalue weighted by Crippen LogP contribution is -1.99. The van der Waals surface area contributed by atoms with Crippen molar-refractivity contribution in [2.75, 3.05) is 0 Å². The van der Waals surface area contributed by atoms with Gasteiger partial charge in [0.05, 0.1) is 6.61 Å². The van der Waals surface area contributed by atoms with E-state index in [0.717, 1.165) is 5.56 Å². The summed E-state index contributed by atoms with van der Waals surface area (Å²) in [7, 11) is 0. The summed E-state index contributed by atoms with van der Waals surface area (Å²) in [5.74, 6) is 4.60. The highest BCUT2D eigenvalue weighted by Crippen LogP contribution is 2.09. The van der Waals surface area contributed by atoms with Gasteiger partial charge < -0.3 is 0 Å². The monoisotopic (exact) mass is 191 g/mol. The van der Waals surface area contributed by atoms with E-state index < -0.39 is 0 Å². The first kappa shape index (κ1) is 11.4. The Morgan fingerprint density at radius 3 is 2.67 bits per heavy atom. The molecule has 0 atom stereocenters. The second-order valence-electron chi connectivity index (χ2n) is 2.39. The van der Waals surface area contributed by atoms with Crippen molar-refractivity contribution in [1.82, 2.24) is 0 Å². The van der Waals surface area contributed by atoms with E-state index in [-0.39, 0.29) is 24.8 Å². The number of aryl methyl sites for hydroxylation is 1. The van der Waals surface area contributed by atoms with Crippen LogP contribution in [-0.4, -0.2) is 0 Å². The second-order valence-corrected chi connectivity index (χ2v) is 2.39. The Bertz CT molecular complexity index is 255. The molecule has 0 heterocycles. The van der Waals surface area contributed by atoms with Gasteiger partial charge in [-0.1, -0.05) is 12.1 Å². The fraction of sp³-hybridized carbons (Fsp3) is 0.250. The molecule has 2 nitrogen and oxygen atoms in total. The molecule has 1 aromatic carbocycles. The Labute approximate surface area is 76.9 Å². The molecule has 0 saturated heterocycles. The summed E-state index contributed by atoms with van der Waals surface area (Å²) in [5.41, 5.74) is 1.38. The van der Waals surface area contributed by atoms with Gasteiger partial charge in [-0.25, -0.2) is 10.3 Å². The molecule has 0 radical (unpaired) electrons. The number of hydrogen-bond donors (Lipinski definition) is 1. The van der Waals surface area contributed by atoms with Gasteiger partial charge in [-0.15, -0.1) is 12.4 Å². The second kappa shape index (κ2) is 5.09. The van der Waals surface area contributed by atoms with Crippen molar-refractivity contribution >= 4 is 12.4 Å². The highest BCUT2D eigenvalue weighted by Gasteiger charge is 1.97. The van der Waals surface area contributed by atoms with E-state index >= 15 is 0 Å². The van der Waals surface area contributed by atoms with Crippen LogP contribution in [0.1, 0.15) is 11.1 Å². The maximum Gasteiger partial charge on any atom is 0.126 e. The average molecular weight is 192 g/mol. The van der Waals surface area contributed by atoms with Crippen molar-refractivity contribution in [3.63, 3.8) is 0 Å². The van der Waals surface area contributed by atoms with Gasteiger partial charge in [0.2, 0.25) is 0 Å². The molecule has 12 heavy (non-hydrogen) atoms. The van der Waals surface area contributed by atoms with E-state index in [1.165, 1.54) is 6.07 Å². The molecule has 0 aliphatic heterocycles. The molecule has 2 N–H and O–H groups in total. The van der Waals surface area contributed by atoms with Gasteiger partial charge in [0.1, 0.15) is 5.82 Å². The molecule has 1 aromatic rings. The van der Waals surface area contributed by atoms with Crippen LogP contribution in [0.25, 0.3) is 0 Å². The molecule has 0 bridgehead atoms. The van der Waals surface area contributed by atoms with E-state index in [1.54, 1.807) is 19.1 Å².